The van der Waals surface area contributed by atoms with Gasteiger partial charge < -0.3 is 15.4 Å². The molecular weight excluding hydrogens is 284 g/mol. The molecule has 2 aromatic rings. The Bertz CT molecular complexity index is 584. The van der Waals surface area contributed by atoms with Crippen LogP contribution in [-0.2, 0) is 6.54 Å². The zero-order chi connectivity index (χ0) is 15.2. The molecule has 21 heavy (non-hydrogen) atoms. The molecule has 2 rings (SSSR count). The minimum atomic E-state index is 0.675. The van der Waals surface area contributed by atoms with Crippen LogP contribution in [0.4, 0.5) is 11.4 Å². The van der Waals surface area contributed by atoms with Crippen molar-refractivity contribution in [3.63, 3.8) is 0 Å². The van der Waals surface area contributed by atoms with Crippen molar-refractivity contribution in [2.75, 3.05) is 24.3 Å². The fourth-order valence-electron chi connectivity index (χ4n) is 2.15. The standard InChI is InChI=1S/C17H21ClN2O/c1-3-11-21-16-6-4-5-15(17(16)19)20(2)12-13-7-9-14(18)10-8-13/h4-10H,3,11-12,19H2,1-2H3. The topological polar surface area (TPSA) is 38.5 Å². The van der Waals surface area contributed by atoms with Gasteiger partial charge >= 0.3 is 0 Å². The van der Waals surface area contributed by atoms with Crippen LogP contribution in [-0.4, -0.2) is 13.7 Å². The van der Waals surface area contributed by atoms with Crippen LogP contribution >= 0.6 is 11.6 Å². The molecule has 0 saturated carbocycles. The Balaban J connectivity index is 2.14. The lowest BCUT2D eigenvalue weighted by atomic mass is 10.2. The van der Waals surface area contributed by atoms with Crippen LogP contribution in [0.2, 0.25) is 5.02 Å². The number of nitrogen functional groups attached to an aromatic ring is 1. The van der Waals surface area contributed by atoms with Crippen LogP contribution in [0.1, 0.15) is 18.9 Å². The Labute approximate surface area is 131 Å². The minimum Gasteiger partial charge on any atom is -0.491 e. The monoisotopic (exact) mass is 304 g/mol. The number of nitrogens with two attached hydrogens (primary N) is 1. The van der Waals surface area contributed by atoms with E-state index in [9.17, 15) is 0 Å². The number of hydrogen-bond donors (Lipinski definition) is 1. The average Bonchev–Trinajstić information content (AvgIpc) is 2.48. The van der Waals surface area contributed by atoms with Crippen LogP contribution in [0.3, 0.4) is 0 Å². The van der Waals surface area contributed by atoms with Gasteiger partial charge in [-0.15, -0.1) is 0 Å². The van der Waals surface area contributed by atoms with Crippen molar-refractivity contribution in [1.29, 1.82) is 0 Å². The number of para-hydroxylation sites is 1. The first-order valence-corrected chi connectivity index (χ1v) is 7.46. The van der Waals surface area contributed by atoms with Gasteiger partial charge in [0.05, 0.1) is 18.0 Å². The van der Waals surface area contributed by atoms with Crippen molar-refractivity contribution >= 4 is 23.0 Å². The smallest absolute Gasteiger partial charge is 0.144 e. The van der Waals surface area contributed by atoms with Gasteiger partial charge in [-0.05, 0) is 36.2 Å². The summed E-state index contributed by atoms with van der Waals surface area (Å²) in [5.41, 5.74) is 9.05. The van der Waals surface area contributed by atoms with Crippen LogP contribution in [0.5, 0.6) is 5.75 Å². The van der Waals surface area contributed by atoms with E-state index in [-0.39, 0.29) is 0 Å². The summed E-state index contributed by atoms with van der Waals surface area (Å²) in [6.45, 7) is 3.51. The SMILES string of the molecule is CCCOc1cccc(N(C)Cc2ccc(Cl)cc2)c1N. The van der Waals surface area contributed by atoms with E-state index >= 15 is 0 Å². The van der Waals surface area contributed by atoms with Crippen molar-refractivity contribution in [3.05, 3.63) is 53.1 Å². The van der Waals surface area contributed by atoms with Gasteiger partial charge in [0.25, 0.3) is 0 Å². The lowest BCUT2D eigenvalue weighted by Crippen LogP contribution is -2.18. The minimum absolute atomic E-state index is 0.675. The molecule has 4 heteroatoms. The Morgan fingerprint density at radius 2 is 1.86 bits per heavy atom. The molecule has 0 aliphatic rings. The van der Waals surface area contributed by atoms with Crippen LogP contribution in [0.25, 0.3) is 0 Å². The third-order valence-corrected chi connectivity index (χ3v) is 3.50. The number of benzene rings is 2. The second kappa shape index (κ2) is 7.23. The number of hydrogen-bond acceptors (Lipinski definition) is 3. The van der Waals surface area contributed by atoms with E-state index in [4.69, 9.17) is 22.1 Å². The van der Waals surface area contributed by atoms with Crippen LogP contribution < -0.4 is 15.4 Å². The molecule has 0 saturated heterocycles. The normalized spacial score (nSPS) is 10.4. The molecule has 3 nitrogen and oxygen atoms in total. The first-order valence-electron chi connectivity index (χ1n) is 7.08. The summed E-state index contributed by atoms with van der Waals surface area (Å²) < 4.78 is 5.67. The van der Waals surface area contributed by atoms with E-state index < -0.39 is 0 Å². The highest BCUT2D eigenvalue weighted by molar-refractivity contribution is 6.30. The number of anilines is 2. The van der Waals surface area contributed by atoms with Crippen LogP contribution in [0, 0.1) is 0 Å². The maximum Gasteiger partial charge on any atom is 0.144 e. The quantitative estimate of drug-likeness (QED) is 0.806. The first-order chi connectivity index (χ1) is 10.1. The molecule has 0 aliphatic carbocycles. The van der Waals surface area contributed by atoms with Gasteiger partial charge in [0.1, 0.15) is 5.75 Å². The third kappa shape index (κ3) is 4.05. The molecule has 0 spiro atoms. The zero-order valence-corrected chi connectivity index (χ0v) is 13.2. The molecule has 0 heterocycles. The summed E-state index contributed by atoms with van der Waals surface area (Å²) in [6.07, 6.45) is 0.963. The highest BCUT2D eigenvalue weighted by Gasteiger charge is 2.10. The first kappa shape index (κ1) is 15.5. The van der Waals surface area contributed by atoms with E-state index in [1.54, 1.807) is 0 Å². The third-order valence-electron chi connectivity index (χ3n) is 3.25. The second-order valence-corrected chi connectivity index (χ2v) is 5.46. The Kier molecular flexibility index (Phi) is 5.34. The highest BCUT2D eigenvalue weighted by Crippen LogP contribution is 2.32. The molecule has 0 radical (unpaired) electrons. The van der Waals surface area contributed by atoms with Gasteiger partial charge in [-0.25, -0.2) is 0 Å². The molecule has 112 valence electrons. The van der Waals surface area contributed by atoms with Crippen molar-refractivity contribution < 1.29 is 4.74 Å². The number of nitrogens with zero attached hydrogens (tertiary/aromatic N) is 1. The molecular formula is C17H21ClN2O. The second-order valence-electron chi connectivity index (χ2n) is 5.02. The molecule has 0 atom stereocenters. The van der Waals surface area contributed by atoms with E-state index in [0.29, 0.717) is 12.3 Å². The fraction of sp³-hybridized carbons (Fsp3) is 0.294. The maximum absolute atomic E-state index is 6.22. The number of rotatable bonds is 6. The van der Waals surface area contributed by atoms with Gasteiger partial charge in [0.2, 0.25) is 0 Å². The average molecular weight is 305 g/mol. The molecule has 0 bridgehead atoms. The molecule has 2 aromatic carbocycles. The van der Waals surface area contributed by atoms with E-state index in [2.05, 4.69) is 11.8 Å². The number of ether oxygens (including phenoxy) is 1. The summed E-state index contributed by atoms with van der Waals surface area (Å²) in [6, 6.07) is 13.7. The summed E-state index contributed by atoms with van der Waals surface area (Å²) in [5.74, 6) is 0.748. The number of halogens is 1. The Morgan fingerprint density at radius 3 is 2.52 bits per heavy atom. The summed E-state index contributed by atoms with van der Waals surface area (Å²) >= 11 is 5.91. The maximum atomic E-state index is 6.22. The van der Waals surface area contributed by atoms with E-state index in [0.717, 1.165) is 29.4 Å². The zero-order valence-electron chi connectivity index (χ0n) is 12.5. The molecule has 0 fully saturated rings. The molecule has 0 aromatic heterocycles. The molecule has 0 amide bonds. The van der Waals surface area contributed by atoms with E-state index in [1.165, 1.54) is 5.56 Å². The Hall–Kier alpha value is -1.87. The largest absolute Gasteiger partial charge is 0.491 e. The highest BCUT2D eigenvalue weighted by atomic mass is 35.5. The van der Waals surface area contributed by atoms with Crippen molar-refractivity contribution in [2.24, 2.45) is 0 Å². The summed E-state index contributed by atoms with van der Waals surface area (Å²) in [7, 11) is 2.02. The van der Waals surface area contributed by atoms with Crippen LogP contribution in [0.15, 0.2) is 42.5 Å². The summed E-state index contributed by atoms with van der Waals surface area (Å²) in [5, 5.41) is 0.746. The fourth-order valence-corrected chi connectivity index (χ4v) is 2.28. The van der Waals surface area contributed by atoms with Gasteiger partial charge in [0, 0.05) is 18.6 Å². The molecule has 2 N–H and O–H groups in total. The van der Waals surface area contributed by atoms with Gasteiger partial charge in [-0.2, -0.15) is 0 Å². The summed E-state index contributed by atoms with van der Waals surface area (Å²) in [4.78, 5) is 2.11. The van der Waals surface area contributed by atoms with Gasteiger partial charge in [-0.1, -0.05) is 36.7 Å². The van der Waals surface area contributed by atoms with Crippen molar-refractivity contribution in [3.8, 4) is 5.75 Å². The van der Waals surface area contributed by atoms with E-state index in [1.807, 2.05) is 49.5 Å². The predicted octanol–water partition coefficient (Wildman–Crippen LogP) is 4.35. The lowest BCUT2D eigenvalue weighted by Gasteiger charge is -2.22. The molecule has 0 aliphatic heterocycles. The predicted molar refractivity (Wildman–Crippen MR) is 90.2 cm³/mol. The van der Waals surface area contributed by atoms with Crippen molar-refractivity contribution in [2.45, 2.75) is 19.9 Å². The molecule has 0 unspecified atom stereocenters. The van der Waals surface area contributed by atoms with Gasteiger partial charge in [-0.3, -0.25) is 0 Å². The van der Waals surface area contributed by atoms with Gasteiger partial charge in [0.15, 0.2) is 0 Å². The van der Waals surface area contributed by atoms with Crippen molar-refractivity contribution in [1.82, 2.24) is 0 Å². The lowest BCUT2D eigenvalue weighted by molar-refractivity contribution is 0.319. The Morgan fingerprint density at radius 1 is 1.14 bits per heavy atom.